The van der Waals surface area contributed by atoms with Crippen molar-refractivity contribution >= 4 is 23.3 Å². The predicted octanol–water partition coefficient (Wildman–Crippen LogP) is 3.43. The minimum absolute atomic E-state index is 0.202. The number of nitrogens with one attached hydrogen (secondary N) is 2. The molecule has 2 fully saturated rings. The SMILES string of the molecule is C[C@@H](C(=O)NC(=O)NC1CCCCC1)N1CCC[C@@H]1c1cccs1. The topological polar surface area (TPSA) is 61.4 Å². The Bertz CT molecular complexity index is 555. The zero-order valence-corrected chi connectivity index (χ0v) is 15.1. The number of hydrogen-bond donors (Lipinski definition) is 2. The second kappa shape index (κ2) is 8.12. The van der Waals surface area contributed by atoms with Gasteiger partial charge in [-0.1, -0.05) is 25.3 Å². The first-order chi connectivity index (χ1) is 11.6. The van der Waals surface area contributed by atoms with Crippen LogP contribution < -0.4 is 10.6 Å². The first-order valence-electron chi connectivity index (χ1n) is 9.05. The van der Waals surface area contributed by atoms with Crippen LogP contribution in [0, 0.1) is 0 Å². The molecule has 1 aliphatic heterocycles. The molecule has 2 heterocycles. The molecule has 0 unspecified atom stereocenters. The summed E-state index contributed by atoms with van der Waals surface area (Å²) in [5, 5.41) is 7.57. The molecule has 1 aromatic heterocycles. The van der Waals surface area contributed by atoms with Crippen molar-refractivity contribution in [3.63, 3.8) is 0 Å². The van der Waals surface area contributed by atoms with Gasteiger partial charge in [-0.3, -0.25) is 15.0 Å². The molecular formula is C18H27N3O2S. The maximum Gasteiger partial charge on any atom is 0.321 e. The lowest BCUT2D eigenvalue weighted by Crippen LogP contribution is -2.51. The lowest BCUT2D eigenvalue weighted by molar-refractivity contribution is -0.125. The van der Waals surface area contributed by atoms with Crippen molar-refractivity contribution in [3.05, 3.63) is 22.4 Å². The molecule has 3 rings (SSSR count). The van der Waals surface area contributed by atoms with E-state index in [1.165, 1.54) is 11.3 Å². The highest BCUT2D eigenvalue weighted by molar-refractivity contribution is 7.10. The van der Waals surface area contributed by atoms with Crippen molar-refractivity contribution < 1.29 is 9.59 Å². The molecule has 1 aliphatic carbocycles. The summed E-state index contributed by atoms with van der Waals surface area (Å²) in [6, 6.07) is 4.06. The average molecular weight is 349 g/mol. The molecule has 0 aromatic carbocycles. The summed E-state index contributed by atoms with van der Waals surface area (Å²) in [6.45, 7) is 2.80. The Kier molecular flexibility index (Phi) is 5.89. The number of carbonyl (C=O) groups excluding carboxylic acids is 2. The predicted molar refractivity (Wildman–Crippen MR) is 96.0 cm³/mol. The molecule has 0 spiro atoms. The number of rotatable bonds is 4. The highest BCUT2D eigenvalue weighted by atomic mass is 32.1. The van der Waals surface area contributed by atoms with Crippen LogP contribution in [0.15, 0.2) is 17.5 Å². The zero-order valence-electron chi connectivity index (χ0n) is 14.3. The van der Waals surface area contributed by atoms with Crippen LogP contribution >= 0.6 is 11.3 Å². The Hall–Kier alpha value is -1.40. The fourth-order valence-electron chi connectivity index (χ4n) is 3.87. The van der Waals surface area contributed by atoms with E-state index in [4.69, 9.17) is 0 Å². The van der Waals surface area contributed by atoms with Gasteiger partial charge in [0, 0.05) is 17.0 Å². The van der Waals surface area contributed by atoms with Crippen molar-refractivity contribution in [3.8, 4) is 0 Å². The Balaban J connectivity index is 1.53. The normalized spacial score (nSPS) is 23.8. The Labute approximate surface area is 147 Å². The van der Waals surface area contributed by atoms with Crippen LogP contribution in [-0.2, 0) is 4.79 Å². The fraction of sp³-hybridized carbons (Fsp3) is 0.667. The third-order valence-electron chi connectivity index (χ3n) is 5.22. The number of hydrogen-bond acceptors (Lipinski definition) is 4. The summed E-state index contributed by atoms with van der Waals surface area (Å²) in [5.41, 5.74) is 0. The average Bonchev–Trinajstić information content (AvgIpc) is 3.25. The molecular weight excluding hydrogens is 322 g/mol. The third kappa shape index (κ3) is 4.16. The molecule has 3 amide bonds. The van der Waals surface area contributed by atoms with E-state index in [0.29, 0.717) is 6.04 Å². The first-order valence-corrected chi connectivity index (χ1v) is 9.93. The number of carbonyl (C=O) groups is 2. The largest absolute Gasteiger partial charge is 0.335 e. The van der Waals surface area contributed by atoms with Gasteiger partial charge in [-0.15, -0.1) is 11.3 Å². The molecule has 132 valence electrons. The van der Waals surface area contributed by atoms with E-state index in [1.54, 1.807) is 11.3 Å². The van der Waals surface area contributed by atoms with Gasteiger partial charge in [0.05, 0.1) is 6.04 Å². The van der Waals surface area contributed by atoms with E-state index in [0.717, 1.165) is 45.1 Å². The minimum atomic E-state index is -0.342. The fourth-order valence-corrected chi connectivity index (χ4v) is 4.76. The van der Waals surface area contributed by atoms with Crippen LogP contribution in [0.5, 0.6) is 0 Å². The first kappa shape index (κ1) is 17.4. The van der Waals surface area contributed by atoms with Crippen molar-refractivity contribution in [1.29, 1.82) is 0 Å². The lowest BCUT2D eigenvalue weighted by Gasteiger charge is -2.29. The second-order valence-electron chi connectivity index (χ2n) is 6.88. The van der Waals surface area contributed by atoms with Gasteiger partial charge in [-0.2, -0.15) is 0 Å². The number of nitrogens with zero attached hydrogens (tertiary/aromatic N) is 1. The van der Waals surface area contributed by atoms with E-state index in [1.807, 2.05) is 6.92 Å². The zero-order chi connectivity index (χ0) is 16.9. The Morgan fingerprint density at radius 2 is 2.00 bits per heavy atom. The van der Waals surface area contributed by atoms with Crippen molar-refractivity contribution in [2.75, 3.05) is 6.54 Å². The smallest absolute Gasteiger partial charge is 0.321 e. The van der Waals surface area contributed by atoms with Crippen LogP contribution in [0.4, 0.5) is 4.79 Å². The molecule has 2 atom stereocenters. The molecule has 1 saturated carbocycles. The van der Waals surface area contributed by atoms with Gasteiger partial charge in [0.2, 0.25) is 5.91 Å². The van der Waals surface area contributed by atoms with Crippen LogP contribution in [0.25, 0.3) is 0 Å². The van der Waals surface area contributed by atoms with E-state index in [2.05, 4.69) is 33.0 Å². The number of imide groups is 1. The second-order valence-corrected chi connectivity index (χ2v) is 7.86. The standard InChI is InChI=1S/C18H27N3O2S/c1-13(21-11-5-9-15(21)16-10-6-12-24-16)17(22)20-18(23)19-14-7-3-2-4-8-14/h6,10,12-15H,2-5,7-9,11H2,1H3,(H2,19,20,22,23)/t13-,15+/m0/s1. The van der Waals surface area contributed by atoms with Crippen LogP contribution in [0.3, 0.4) is 0 Å². The summed E-state index contributed by atoms with van der Waals surface area (Å²) >= 11 is 1.74. The summed E-state index contributed by atoms with van der Waals surface area (Å²) in [6.07, 6.45) is 7.76. The van der Waals surface area contributed by atoms with Crippen LogP contribution in [-0.4, -0.2) is 35.5 Å². The van der Waals surface area contributed by atoms with Gasteiger partial charge in [0.1, 0.15) is 0 Å². The Morgan fingerprint density at radius 3 is 2.71 bits per heavy atom. The number of thiophene rings is 1. The maximum atomic E-state index is 12.5. The van der Waals surface area contributed by atoms with Crippen molar-refractivity contribution in [2.24, 2.45) is 0 Å². The molecule has 6 heteroatoms. The highest BCUT2D eigenvalue weighted by Gasteiger charge is 2.34. The molecule has 1 saturated heterocycles. The quantitative estimate of drug-likeness (QED) is 0.875. The van der Waals surface area contributed by atoms with E-state index >= 15 is 0 Å². The molecule has 2 N–H and O–H groups in total. The molecule has 1 aromatic rings. The minimum Gasteiger partial charge on any atom is -0.335 e. The lowest BCUT2D eigenvalue weighted by atomic mass is 9.96. The van der Waals surface area contributed by atoms with Gasteiger partial charge in [0.15, 0.2) is 0 Å². The van der Waals surface area contributed by atoms with E-state index in [-0.39, 0.29) is 24.0 Å². The van der Waals surface area contributed by atoms with Crippen LogP contribution in [0.1, 0.15) is 62.8 Å². The number of amides is 3. The molecule has 2 aliphatic rings. The molecule has 5 nitrogen and oxygen atoms in total. The summed E-state index contributed by atoms with van der Waals surface area (Å²) in [4.78, 5) is 28.1. The molecule has 0 bridgehead atoms. The van der Waals surface area contributed by atoms with Crippen molar-refractivity contribution in [1.82, 2.24) is 15.5 Å². The van der Waals surface area contributed by atoms with Gasteiger partial charge in [-0.25, -0.2) is 4.79 Å². The van der Waals surface area contributed by atoms with Gasteiger partial charge in [-0.05, 0) is 50.6 Å². The van der Waals surface area contributed by atoms with Gasteiger partial charge in [0.25, 0.3) is 0 Å². The Morgan fingerprint density at radius 1 is 1.21 bits per heavy atom. The summed E-state index contributed by atoms with van der Waals surface area (Å²) in [5.74, 6) is -0.202. The van der Waals surface area contributed by atoms with Crippen LogP contribution in [0.2, 0.25) is 0 Å². The molecule has 24 heavy (non-hydrogen) atoms. The summed E-state index contributed by atoms with van der Waals surface area (Å²) in [7, 11) is 0. The summed E-state index contributed by atoms with van der Waals surface area (Å²) < 4.78 is 0. The molecule has 0 radical (unpaired) electrons. The highest BCUT2D eigenvalue weighted by Crippen LogP contribution is 2.35. The van der Waals surface area contributed by atoms with E-state index in [9.17, 15) is 9.59 Å². The van der Waals surface area contributed by atoms with Crippen molar-refractivity contribution in [2.45, 2.75) is 70.0 Å². The van der Waals surface area contributed by atoms with E-state index < -0.39 is 0 Å². The number of urea groups is 1. The van der Waals surface area contributed by atoms with Gasteiger partial charge < -0.3 is 5.32 Å². The third-order valence-corrected chi connectivity index (χ3v) is 6.19. The monoisotopic (exact) mass is 349 g/mol. The van der Waals surface area contributed by atoms with Gasteiger partial charge >= 0.3 is 6.03 Å². The number of likely N-dealkylation sites (tertiary alicyclic amines) is 1. The maximum absolute atomic E-state index is 12.5.